The molecule has 0 aromatic carbocycles. The molecule has 14 heavy (non-hydrogen) atoms. The number of rotatable bonds is 4. The predicted octanol–water partition coefficient (Wildman–Crippen LogP) is -1.19. The lowest BCUT2D eigenvalue weighted by molar-refractivity contribution is 0.568. The van der Waals surface area contributed by atoms with Gasteiger partial charge in [0.1, 0.15) is 0 Å². The molecule has 0 spiro atoms. The molecule has 2 aromatic rings. The highest BCUT2D eigenvalue weighted by Gasteiger charge is 2.10. The van der Waals surface area contributed by atoms with Crippen LogP contribution in [0.5, 0.6) is 0 Å². The maximum atomic E-state index is 5.40. The van der Waals surface area contributed by atoms with E-state index in [1.54, 1.807) is 10.9 Å². The van der Waals surface area contributed by atoms with E-state index in [4.69, 9.17) is 5.73 Å². The first-order chi connectivity index (χ1) is 6.92. The third-order valence-electron chi connectivity index (χ3n) is 1.75. The van der Waals surface area contributed by atoms with Crippen molar-refractivity contribution in [2.24, 2.45) is 5.73 Å². The van der Waals surface area contributed by atoms with E-state index in [1.807, 2.05) is 0 Å². The van der Waals surface area contributed by atoms with Crippen molar-refractivity contribution in [2.45, 2.75) is 13.0 Å². The van der Waals surface area contributed by atoms with Crippen LogP contribution >= 0.6 is 0 Å². The van der Waals surface area contributed by atoms with Gasteiger partial charge in [-0.3, -0.25) is 0 Å². The fourth-order valence-corrected chi connectivity index (χ4v) is 1.09. The van der Waals surface area contributed by atoms with Gasteiger partial charge in [0, 0.05) is 6.54 Å². The lowest BCUT2D eigenvalue weighted by Gasteiger charge is -1.99. The molecule has 0 unspecified atom stereocenters. The quantitative estimate of drug-likeness (QED) is 0.632. The fourth-order valence-electron chi connectivity index (χ4n) is 1.09. The predicted molar refractivity (Wildman–Crippen MR) is 46.9 cm³/mol. The van der Waals surface area contributed by atoms with Gasteiger partial charge in [0.05, 0.1) is 6.20 Å². The van der Waals surface area contributed by atoms with Gasteiger partial charge in [0.15, 0.2) is 5.69 Å². The number of aryl methyl sites for hydroxylation is 1. The second-order valence-corrected chi connectivity index (χ2v) is 2.72. The summed E-state index contributed by atoms with van der Waals surface area (Å²) in [6.07, 6.45) is 2.40. The van der Waals surface area contributed by atoms with Crippen molar-refractivity contribution in [1.29, 1.82) is 0 Å². The normalized spacial score (nSPS) is 10.6. The third-order valence-corrected chi connectivity index (χ3v) is 1.75. The molecule has 2 heterocycles. The molecule has 0 aliphatic carbocycles. The van der Waals surface area contributed by atoms with Gasteiger partial charge < -0.3 is 5.73 Å². The molecular weight excluding hydrogens is 184 g/mol. The summed E-state index contributed by atoms with van der Waals surface area (Å²) in [5.74, 6) is 0.604. The van der Waals surface area contributed by atoms with Crippen LogP contribution in [-0.2, 0) is 6.54 Å². The van der Waals surface area contributed by atoms with E-state index in [9.17, 15) is 0 Å². The number of aromatic amines is 1. The highest BCUT2D eigenvalue weighted by atomic mass is 15.5. The van der Waals surface area contributed by atoms with Crippen LogP contribution < -0.4 is 5.73 Å². The van der Waals surface area contributed by atoms with Crippen molar-refractivity contribution < 1.29 is 0 Å². The SMILES string of the molecule is NCCCn1nnnc1-c1cn[nH]n1. The number of hydrogen-bond acceptors (Lipinski definition) is 6. The zero-order valence-electron chi connectivity index (χ0n) is 7.46. The van der Waals surface area contributed by atoms with Crippen molar-refractivity contribution >= 4 is 0 Å². The van der Waals surface area contributed by atoms with Crippen LogP contribution in [0.25, 0.3) is 11.5 Å². The number of H-pyrrole nitrogens is 1. The maximum absolute atomic E-state index is 5.40. The molecule has 0 amide bonds. The second kappa shape index (κ2) is 3.92. The first-order valence-corrected chi connectivity index (χ1v) is 4.24. The molecule has 0 bridgehead atoms. The van der Waals surface area contributed by atoms with Crippen LogP contribution in [-0.4, -0.2) is 42.2 Å². The summed E-state index contributed by atoms with van der Waals surface area (Å²) in [7, 11) is 0. The molecule has 0 fully saturated rings. The highest BCUT2D eigenvalue weighted by molar-refractivity contribution is 5.45. The molecule has 0 saturated carbocycles. The second-order valence-electron chi connectivity index (χ2n) is 2.72. The molecule has 0 aliphatic rings. The number of nitrogens with two attached hydrogens (primary N) is 1. The zero-order valence-corrected chi connectivity index (χ0v) is 7.46. The lowest BCUT2D eigenvalue weighted by Crippen LogP contribution is -2.08. The summed E-state index contributed by atoms with van der Waals surface area (Å²) in [4.78, 5) is 0. The maximum Gasteiger partial charge on any atom is 0.204 e. The Bertz CT molecular complexity index is 376. The molecule has 0 saturated heterocycles. The zero-order chi connectivity index (χ0) is 9.80. The molecule has 2 rings (SSSR count). The number of hydrogen-bond donors (Lipinski definition) is 2. The number of aromatic nitrogens is 7. The first-order valence-electron chi connectivity index (χ1n) is 4.24. The monoisotopic (exact) mass is 194 g/mol. The van der Waals surface area contributed by atoms with Crippen LogP contribution in [0, 0.1) is 0 Å². The summed E-state index contributed by atoms with van der Waals surface area (Å²) < 4.78 is 1.66. The van der Waals surface area contributed by atoms with Gasteiger partial charge in [-0.1, -0.05) is 0 Å². The molecule has 3 N–H and O–H groups in total. The van der Waals surface area contributed by atoms with Gasteiger partial charge >= 0.3 is 0 Å². The van der Waals surface area contributed by atoms with E-state index >= 15 is 0 Å². The largest absolute Gasteiger partial charge is 0.330 e. The molecule has 0 aliphatic heterocycles. The van der Waals surface area contributed by atoms with Crippen molar-refractivity contribution in [1.82, 2.24) is 35.6 Å². The fraction of sp³-hybridized carbons (Fsp3) is 0.500. The van der Waals surface area contributed by atoms with Gasteiger partial charge in [-0.25, -0.2) is 4.68 Å². The van der Waals surface area contributed by atoms with Crippen LogP contribution in [0.15, 0.2) is 6.20 Å². The van der Waals surface area contributed by atoms with Crippen LogP contribution in [0.2, 0.25) is 0 Å². The van der Waals surface area contributed by atoms with Gasteiger partial charge in [-0.2, -0.15) is 15.4 Å². The Morgan fingerprint density at radius 3 is 3.14 bits per heavy atom. The van der Waals surface area contributed by atoms with Crippen molar-refractivity contribution in [3.05, 3.63) is 6.20 Å². The third kappa shape index (κ3) is 1.59. The Kier molecular flexibility index (Phi) is 2.45. The van der Waals surface area contributed by atoms with E-state index in [-0.39, 0.29) is 0 Å². The minimum atomic E-state index is 0.604. The Morgan fingerprint density at radius 2 is 2.43 bits per heavy atom. The van der Waals surface area contributed by atoms with Gasteiger partial charge in [-0.05, 0) is 23.4 Å². The smallest absolute Gasteiger partial charge is 0.204 e. The van der Waals surface area contributed by atoms with E-state index in [1.165, 1.54) is 0 Å². The molecule has 8 heteroatoms. The highest BCUT2D eigenvalue weighted by Crippen LogP contribution is 2.09. The first kappa shape index (κ1) is 8.75. The average molecular weight is 194 g/mol. The minimum absolute atomic E-state index is 0.604. The van der Waals surface area contributed by atoms with Crippen LogP contribution in [0.3, 0.4) is 0 Å². The number of nitrogens with zero attached hydrogens (tertiary/aromatic N) is 6. The van der Waals surface area contributed by atoms with Crippen LogP contribution in [0.4, 0.5) is 0 Å². The van der Waals surface area contributed by atoms with Crippen molar-refractivity contribution in [3.8, 4) is 11.5 Å². The molecule has 0 atom stereocenters. The van der Waals surface area contributed by atoms with E-state index in [0.717, 1.165) is 6.42 Å². The Balaban J connectivity index is 2.22. The Morgan fingerprint density at radius 1 is 1.50 bits per heavy atom. The number of tetrazole rings is 1. The molecule has 0 radical (unpaired) electrons. The molecular formula is C6H10N8. The van der Waals surface area contributed by atoms with E-state index in [0.29, 0.717) is 24.6 Å². The topological polar surface area (TPSA) is 111 Å². The summed E-state index contributed by atoms with van der Waals surface area (Å²) in [6.45, 7) is 1.30. The summed E-state index contributed by atoms with van der Waals surface area (Å²) >= 11 is 0. The van der Waals surface area contributed by atoms with Crippen molar-refractivity contribution in [3.63, 3.8) is 0 Å². The Hall–Kier alpha value is -1.83. The molecule has 74 valence electrons. The van der Waals surface area contributed by atoms with E-state index < -0.39 is 0 Å². The van der Waals surface area contributed by atoms with Crippen molar-refractivity contribution in [2.75, 3.05) is 6.54 Å². The standard InChI is InChI=1S/C6H10N8/c7-2-1-3-14-6(10-12-13-14)5-4-8-11-9-5/h4H,1-3,7H2,(H,8,9,11). The molecule has 8 nitrogen and oxygen atoms in total. The summed E-state index contributed by atoms with van der Waals surface area (Å²) in [5.41, 5.74) is 6.03. The Labute approximate surface area is 79.5 Å². The average Bonchev–Trinajstić information content (AvgIpc) is 2.84. The van der Waals surface area contributed by atoms with Gasteiger partial charge in [-0.15, -0.1) is 5.10 Å². The van der Waals surface area contributed by atoms with Gasteiger partial charge in [0.25, 0.3) is 0 Å². The van der Waals surface area contributed by atoms with Gasteiger partial charge in [0.2, 0.25) is 5.82 Å². The summed E-state index contributed by atoms with van der Waals surface area (Å²) in [6, 6.07) is 0. The van der Waals surface area contributed by atoms with Crippen LogP contribution in [0.1, 0.15) is 6.42 Å². The lowest BCUT2D eigenvalue weighted by atomic mass is 10.4. The van der Waals surface area contributed by atoms with E-state index in [2.05, 4.69) is 30.9 Å². The number of nitrogens with one attached hydrogen (secondary N) is 1. The minimum Gasteiger partial charge on any atom is -0.330 e. The summed E-state index contributed by atoms with van der Waals surface area (Å²) in [5, 5.41) is 21.3. The molecule has 2 aromatic heterocycles.